The lowest BCUT2D eigenvalue weighted by Crippen LogP contribution is -2.05. The number of imidazole rings is 1. The molecule has 0 radical (unpaired) electrons. The van der Waals surface area contributed by atoms with Crippen molar-refractivity contribution < 1.29 is 4.42 Å². The highest BCUT2D eigenvalue weighted by Crippen LogP contribution is 2.33. The Morgan fingerprint density at radius 3 is 3.05 bits per heavy atom. The van der Waals surface area contributed by atoms with Gasteiger partial charge in [-0.3, -0.25) is 4.40 Å². The van der Waals surface area contributed by atoms with Crippen molar-refractivity contribution in [2.24, 2.45) is 5.73 Å². The molecule has 0 atom stereocenters. The summed E-state index contributed by atoms with van der Waals surface area (Å²) in [6.07, 6.45) is 2.80. The van der Waals surface area contributed by atoms with Gasteiger partial charge in [0.2, 0.25) is 0 Å². The lowest BCUT2D eigenvalue weighted by molar-refractivity contribution is 0.489. The van der Waals surface area contributed by atoms with E-state index in [9.17, 15) is 0 Å². The third kappa shape index (κ3) is 2.23. The third-order valence-electron chi connectivity index (χ3n) is 3.16. The Labute approximate surface area is 128 Å². The second-order valence-electron chi connectivity index (χ2n) is 4.51. The summed E-state index contributed by atoms with van der Waals surface area (Å²) < 4.78 is 7.84. The Balaban J connectivity index is 1.75. The van der Waals surface area contributed by atoms with Crippen LogP contribution in [0.3, 0.4) is 0 Å². The van der Waals surface area contributed by atoms with Crippen LogP contribution in [0.1, 0.15) is 5.69 Å². The second kappa shape index (κ2) is 5.18. The number of fused-ring (bicyclic) bond motifs is 2. The maximum atomic E-state index is 5.75. The fourth-order valence-corrected chi connectivity index (χ4v) is 3.92. The number of para-hydroxylation sites is 2. The van der Waals surface area contributed by atoms with E-state index in [-0.39, 0.29) is 0 Å². The maximum Gasteiger partial charge on any atom is 0.263 e. The number of hydrogen-bond donors (Lipinski definition) is 1. The Hall–Kier alpha value is -1.83. The molecule has 0 amide bonds. The lowest BCUT2D eigenvalue weighted by Gasteiger charge is -1.99. The number of oxazole rings is 1. The molecule has 0 saturated carbocycles. The average molecular weight is 316 g/mol. The predicted molar refractivity (Wildman–Crippen MR) is 84.0 cm³/mol. The van der Waals surface area contributed by atoms with Crippen LogP contribution in [0, 0.1) is 0 Å². The van der Waals surface area contributed by atoms with Gasteiger partial charge in [0, 0.05) is 18.0 Å². The van der Waals surface area contributed by atoms with Crippen molar-refractivity contribution >= 4 is 39.2 Å². The van der Waals surface area contributed by atoms with E-state index in [1.165, 1.54) is 11.8 Å². The summed E-state index contributed by atoms with van der Waals surface area (Å²) in [5.41, 5.74) is 8.48. The summed E-state index contributed by atoms with van der Waals surface area (Å²) in [5, 5.41) is 3.55. The SMILES string of the molecule is NCCc1c(Sc2nc3ccccc3o2)nc2sccn12. The average Bonchev–Trinajstić information content (AvgIpc) is 3.15. The van der Waals surface area contributed by atoms with Crippen molar-refractivity contribution in [3.05, 3.63) is 41.5 Å². The molecule has 0 unspecified atom stereocenters. The highest BCUT2D eigenvalue weighted by molar-refractivity contribution is 7.99. The first-order valence-electron chi connectivity index (χ1n) is 6.53. The number of thiazole rings is 1. The molecule has 4 rings (SSSR count). The molecule has 7 heteroatoms. The van der Waals surface area contributed by atoms with Crippen LogP contribution in [-0.4, -0.2) is 20.9 Å². The highest BCUT2D eigenvalue weighted by atomic mass is 32.2. The van der Waals surface area contributed by atoms with E-state index in [1.807, 2.05) is 35.8 Å². The third-order valence-corrected chi connectivity index (χ3v) is 4.79. The van der Waals surface area contributed by atoms with Gasteiger partial charge in [-0.15, -0.1) is 11.3 Å². The highest BCUT2D eigenvalue weighted by Gasteiger charge is 2.16. The minimum atomic E-state index is 0.588. The van der Waals surface area contributed by atoms with Gasteiger partial charge in [-0.2, -0.15) is 0 Å². The van der Waals surface area contributed by atoms with Gasteiger partial charge >= 0.3 is 0 Å². The van der Waals surface area contributed by atoms with Crippen LogP contribution < -0.4 is 5.73 Å². The summed E-state index contributed by atoms with van der Waals surface area (Å²) in [6, 6.07) is 7.74. The van der Waals surface area contributed by atoms with Crippen LogP contribution >= 0.6 is 23.1 Å². The molecule has 3 heterocycles. The molecule has 0 aliphatic rings. The quantitative estimate of drug-likeness (QED) is 0.626. The van der Waals surface area contributed by atoms with E-state index in [4.69, 9.17) is 10.2 Å². The van der Waals surface area contributed by atoms with Gasteiger partial charge in [0.1, 0.15) is 10.5 Å². The molecule has 5 nitrogen and oxygen atoms in total. The zero-order valence-electron chi connectivity index (χ0n) is 11.0. The molecule has 2 N–H and O–H groups in total. The van der Waals surface area contributed by atoms with Crippen LogP contribution in [-0.2, 0) is 6.42 Å². The van der Waals surface area contributed by atoms with Crippen LogP contribution in [0.25, 0.3) is 16.1 Å². The first-order chi connectivity index (χ1) is 10.3. The minimum absolute atomic E-state index is 0.588. The Bertz CT molecular complexity index is 875. The van der Waals surface area contributed by atoms with Crippen molar-refractivity contribution in [2.45, 2.75) is 16.7 Å². The molecule has 0 spiro atoms. The first-order valence-corrected chi connectivity index (χ1v) is 8.22. The fourth-order valence-electron chi connectivity index (χ4n) is 2.24. The molecular weight excluding hydrogens is 304 g/mol. The van der Waals surface area contributed by atoms with Gasteiger partial charge in [0.05, 0.1) is 5.69 Å². The molecule has 21 heavy (non-hydrogen) atoms. The van der Waals surface area contributed by atoms with E-state index in [2.05, 4.69) is 14.4 Å². The molecule has 0 aliphatic carbocycles. The van der Waals surface area contributed by atoms with Crippen molar-refractivity contribution in [1.82, 2.24) is 14.4 Å². The molecule has 1 aromatic carbocycles. The van der Waals surface area contributed by atoms with Gasteiger partial charge in [-0.25, -0.2) is 9.97 Å². The van der Waals surface area contributed by atoms with Crippen LogP contribution in [0.2, 0.25) is 0 Å². The number of nitrogens with zero attached hydrogens (tertiary/aromatic N) is 3. The van der Waals surface area contributed by atoms with E-state index >= 15 is 0 Å². The van der Waals surface area contributed by atoms with Crippen molar-refractivity contribution in [3.8, 4) is 0 Å². The smallest absolute Gasteiger partial charge is 0.263 e. The van der Waals surface area contributed by atoms with Crippen molar-refractivity contribution in [3.63, 3.8) is 0 Å². The lowest BCUT2D eigenvalue weighted by atomic mass is 10.3. The summed E-state index contributed by atoms with van der Waals surface area (Å²) in [6.45, 7) is 0.588. The molecular formula is C14H12N4OS2. The monoisotopic (exact) mass is 316 g/mol. The zero-order valence-corrected chi connectivity index (χ0v) is 12.7. The van der Waals surface area contributed by atoms with Gasteiger partial charge in [0.25, 0.3) is 5.22 Å². The number of hydrogen-bond acceptors (Lipinski definition) is 6. The molecule has 4 aromatic rings. The second-order valence-corrected chi connectivity index (χ2v) is 6.32. The number of rotatable bonds is 4. The topological polar surface area (TPSA) is 69.3 Å². The van der Waals surface area contributed by atoms with Gasteiger partial charge in [-0.05, 0) is 30.4 Å². The largest absolute Gasteiger partial charge is 0.431 e. The Morgan fingerprint density at radius 1 is 1.29 bits per heavy atom. The Morgan fingerprint density at radius 2 is 2.19 bits per heavy atom. The van der Waals surface area contributed by atoms with E-state index < -0.39 is 0 Å². The first kappa shape index (κ1) is 12.9. The van der Waals surface area contributed by atoms with E-state index in [0.717, 1.165) is 33.2 Å². The van der Waals surface area contributed by atoms with Crippen LogP contribution in [0.15, 0.2) is 50.5 Å². The molecule has 0 bridgehead atoms. The van der Waals surface area contributed by atoms with Gasteiger partial charge in [-0.1, -0.05) is 12.1 Å². The summed E-state index contributed by atoms with van der Waals surface area (Å²) in [7, 11) is 0. The Kier molecular flexibility index (Phi) is 3.17. The van der Waals surface area contributed by atoms with Crippen LogP contribution in [0.4, 0.5) is 0 Å². The normalized spacial score (nSPS) is 11.7. The zero-order chi connectivity index (χ0) is 14.2. The fraction of sp³-hybridized carbons (Fsp3) is 0.143. The van der Waals surface area contributed by atoms with Gasteiger partial charge in [0.15, 0.2) is 10.5 Å². The molecule has 0 saturated heterocycles. The van der Waals surface area contributed by atoms with Crippen LogP contribution in [0.5, 0.6) is 0 Å². The predicted octanol–water partition coefficient (Wildman–Crippen LogP) is 3.19. The summed E-state index contributed by atoms with van der Waals surface area (Å²) in [5.74, 6) is 0. The summed E-state index contributed by atoms with van der Waals surface area (Å²) in [4.78, 5) is 10.1. The number of nitrogens with two attached hydrogens (primary N) is 1. The number of aromatic nitrogens is 3. The van der Waals surface area contributed by atoms with Crippen molar-refractivity contribution in [1.29, 1.82) is 0 Å². The summed E-state index contributed by atoms with van der Waals surface area (Å²) >= 11 is 3.06. The molecule has 3 aromatic heterocycles. The van der Waals surface area contributed by atoms with Crippen molar-refractivity contribution in [2.75, 3.05) is 6.54 Å². The van der Waals surface area contributed by atoms with E-state index in [0.29, 0.717) is 11.8 Å². The minimum Gasteiger partial charge on any atom is -0.431 e. The number of benzene rings is 1. The standard InChI is InChI=1S/C14H12N4OS2/c15-6-5-10-12(17-13-18(10)7-8-20-13)21-14-16-9-3-1-2-4-11(9)19-14/h1-4,7-8H,5-6,15H2. The van der Waals surface area contributed by atoms with E-state index in [1.54, 1.807) is 11.3 Å². The molecule has 106 valence electrons. The van der Waals surface area contributed by atoms with Gasteiger partial charge < -0.3 is 10.2 Å². The molecule has 0 fully saturated rings. The maximum absolute atomic E-state index is 5.75. The molecule has 0 aliphatic heterocycles.